The average Bonchev–Trinajstić information content (AvgIpc) is 3.41. The number of ketones is 1. The number of ether oxygens (including phenoxy) is 4. The second-order valence-electron chi connectivity index (χ2n) is 7.28. The summed E-state index contributed by atoms with van der Waals surface area (Å²) in [6, 6.07) is 5.39. The highest BCUT2D eigenvalue weighted by atomic mass is 32.2. The summed E-state index contributed by atoms with van der Waals surface area (Å²) < 4.78 is 29.1. The minimum absolute atomic E-state index is 0.0126. The standard InChI is InChI=1S/C23H29N3O6S/c1-14-10-17(15(2)26(14)8-7-9-28-3)18(27)13-33-23-25-24-22(32-23)16-11-19(29-4)21(31-6)20(12-16)30-5/h10-12H,7-9,13H2,1-6H3. The first-order chi connectivity index (χ1) is 15.9. The van der Waals surface area contributed by atoms with Crippen LogP contribution < -0.4 is 14.2 Å². The Labute approximate surface area is 197 Å². The largest absolute Gasteiger partial charge is 0.493 e. The Hall–Kier alpha value is -2.98. The molecular formula is C23H29N3O6S. The molecule has 0 fully saturated rings. The van der Waals surface area contributed by atoms with Crippen LogP contribution in [0.4, 0.5) is 0 Å². The number of benzene rings is 1. The first-order valence-corrected chi connectivity index (χ1v) is 11.4. The van der Waals surface area contributed by atoms with E-state index in [1.165, 1.54) is 33.1 Å². The van der Waals surface area contributed by atoms with Crippen LogP contribution in [-0.4, -0.2) is 61.3 Å². The Morgan fingerprint density at radius 2 is 1.73 bits per heavy atom. The summed E-state index contributed by atoms with van der Waals surface area (Å²) in [5.41, 5.74) is 3.34. The Bertz CT molecular complexity index is 1080. The van der Waals surface area contributed by atoms with Gasteiger partial charge in [0.2, 0.25) is 11.6 Å². The number of methoxy groups -OCH3 is 4. The zero-order valence-electron chi connectivity index (χ0n) is 19.8. The number of Topliss-reactive ketones (excluding diaryl/α,β-unsaturated/α-hetero) is 1. The van der Waals surface area contributed by atoms with Gasteiger partial charge in [0.05, 0.1) is 27.1 Å². The average molecular weight is 476 g/mol. The maximum atomic E-state index is 12.9. The van der Waals surface area contributed by atoms with Gasteiger partial charge in [0.1, 0.15) is 0 Å². The summed E-state index contributed by atoms with van der Waals surface area (Å²) in [7, 11) is 6.30. The van der Waals surface area contributed by atoms with E-state index in [9.17, 15) is 4.79 Å². The molecule has 178 valence electrons. The van der Waals surface area contributed by atoms with Crippen molar-refractivity contribution in [3.05, 3.63) is 35.2 Å². The molecule has 0 N–H and O–H groups in total. The minimum Gasteiger partial charge on any atom is -0.493 e. The van der Waals surface area contributed by atoms with Gasteiger partial charge in [-0.2, -0.15) is 0 Å². The van der Waals surface area contributed by atoms with Crippen molar-refractivity contribution in [2.24, 2.45) is 0 Å². The van der Waals surface area contributed by atoms with E-state index in [2.05, 4.69) is 14.8 Å². The molecule has 0 aliphatic heterocycles. The summed E-state index contributed by atoms with van der Waals surface area (Å²) in [6.07, 6.45) is 0.890. The normalized spacial score (nSPS) is 11.0. The summed E-state index contributed by atoms with van der Waals surface area (Å²) >= 11 is 1.21. The van der Waals surface area contributed by atoms with Crippen LogP contribution in [0.3, 0.4) is 0 Å². The molecule has 0 spiro atoms. The van der Waals surface area contributed by atoms with Gasteiger partial charge in [-0.1, -0.05) is 11.8 Å². The predicted octanol–water partition coefficient (Wildman–Crippen LogP) is 4.19. The third-order valence-corrected chi connectivity index (χ3v) is 6.07. The lowest BCUT2D eigenvalue weighted by Crippen LogP contribution is -2.08. The molecule has 0 radical (unpaired) electrons. The molecule has 3 rings (SSSR count). The van der Waals surface area contributed by atoms with Crippen molar-refractivity contribution in [1.82, 2.24) is 14.8 Å². The van der Waals surface area contributed by atoms with Crippen LogP contribution in [0.1, 0.15) is 28.2 Å². The lowest BCUT2D eigenvalue weighted by Gasteiger charge is -2.12. The van der Waals surface area contributed by atoms with E-state index in [-0.39, 0.29) is 11.5 Å². The summed E-state index contributed by atoms with van der Waals surface area (Å²) in [5.74, 6) is 1.94. The lowest BCUT2D eigenvalue weighted by atomic mass is 10.2. The molecule has 2 aromatic heterocycles. The number of rotatable bonds is 12. The molecule has 0 aliphatic rings. The predicted molar refractivity (Wildman–Crippen MR) is 125 cm³/mol. The van der Waals surface area contributed by atoms with Crippen molar-refractivity contribution in [3.63, 3.8) is 0 Å². The monoisotopic (exact) mass is 475 g/mol. The number of hydrogen-bond acceptors (Lipinski definition) is 9. The van der Waals surface area contributed by atoms with Gasteiger partial charge in [0.25, 0.3) is 5.22 Å². The molecule has 0 saturated heterocycles. The van der Waals surface area contributed by atoms with E-state index in [1.54, 1.807) is 19.2 Å². The fraction of sp³-hybridized carbons (Fsp3) is 0.435. The molecule has 0 atom stereocenters. The molecule has 0 unspecified atom stereocenters. The lowest BCUT2D eigenvalue weighted by molar-refractivity contribution is 0.102. The van der Waals surface area contributed by atoms with Gasteiger partial charge < -0.3 is 27.9 Å². The summed E-state index contributed by atoms with van der Waals surface area (Å²) in [4.78, 5) is 12.9. The Kier molecular flexibility index (Phi) is 8.40. The van der Waals surface area contributed by atoms with Gasteiger partial charge in [-0.15, -0.1) is 10.2 Å². The number of hydrogen-bond donors (Lipinski definition) is 0. The number of aryl methyl sites for hydroxylation is 1. The van der Waals surface area contributed by atoms with Crippen LogP contribution in [-0.2, 0) is 11.3 Å². The van der Waals surface area contributed by atoms with Gasteiger partial charge in [0.15, 0.2) is 17.3 Å². The van der Waals surface area contributed by atoms with Crippen LogP contribution >= 0.6 is 11.8 Å². The van der Waals surface area contributed by atoms with E-state index in [4.69, 9.17) is 23.4 Å². The van der Waals surface area contributed by atoms with Crippen molar-refractivity contribution in [1.29, 1.82) is 0 Å². The number of nitrogens with zero attached hydrogens (tertiary/aromatic N) is 3. The van der Waals surface area contributed by atoms with Gasteiger partial charge in [-0.25, -0.2) is 0 Å². The van der Waals surface area contributed by atoms with E-state index >= 15 is 0 Å². The first kappa shape index (κ1) is 24.7. The summed E-state index contributed by atoms with van der Waals surface area (Å²) in [5, 5.41) is 8.48. The van der Waals surface area contributed by atoms with Crippen molar-refractivity contribution >= 4 is 17.5 Å². The van der Waals surface area contributed by atoms with E-state index in [0.717, 1.165) is 24.4 Å². The SMILES string of the molecule is COCCCn1c(C)cc(C(=O)CSc2nnc(-c3cc(OC)c(OC)c(OC)c3)o2)c1C. The highest BCUT2D eigenvalue weighted by molar-refractivity contribution is 7.99. The van der Waals surface area contributed by atoms with Gasteiger partial charge in [-0.3, -0.25) is 4.79 Å². The van der Waals surface area contributed by atoms with E-state index < -0.39 is 0 Å². The molecule has 2 heterocycles. The van der Waals surface area contributed by atoms with Crippen LogP contribution in [0, 0.1) is 13.8 Å². The molecule has 0 bridgehead atoms. The first-order valence-electron chi connectivity index (χ1n) is 10.4. The van der Waals surface area contributed by atoms with Crippen molar-refractivity contribution in [2.45, 2.75) is 32.0 Å². The molecule has 0 aliphatic carbocycles. The van der Waals surface area contributed by atoms with Gasteiger partial charge in [0, 0.05) is 42.8 Å². The molecule has 1 aromatic carbocycles. The quantitative estimate of drug-likeness (QED) is 0.217. The van der Waals surface area contributed by atoms with Crippen molar-refractivity contribution < 1.29 is 28.2 Å². The molecule has 0 amide bonds. The second kappa shape index (κ2) is 11.2. The third-order valence-electron chi connectivity index (χ3n) is 5.25. The maximum absolute atomic E-state index is 12.9. The number of thioether (sulfide) groups is 1. The van der Waals surface area contributed by atoms with Crippen molar-refractivity contribution in [2.75, 3.05) is 40.8 Å². The Balaban J connectivity index is 1.71. The molecule has 3 aromatic rings. The molecule has 0 saturated carbocycles. The van der Waals surface area contributed by atoms with Gasteiger partial charge in [-0.05, 0) is 38.5 Å². The molecule has 9 nitrogen and oxygen atoms in total. The van der Waals surface area contributed by atoms with E-state index in [1.807, 2.05) is 19.9 Å². The van der Waals surface area contributed by atoms with Crippen LogP contribution in [0.2, 0.25) is 0 Å². The summed E-state index contributed by atoms with van der Waals surface area (Å²) in [6.45, 7) is 5.47. The topological polar surface area (TPSA) is 97.8 Å². The fourth-order valence-electron chi connectivity index (χ4n) is 3.59. The molecule has 33 heavy (non-hydrogen) atoms. The zero-order valence-corrected chi connectivity index (χ0v) is 20.6. The van der Waals surface area contributed by atoms with Crippen LogP contribution in [0.15, 0.2) is 27.8 Å². The Morgan fingerprint density at radius 3 is 2.33 bits per heavy atom. The zero-order chi connectivity index (χ0) is 24.0. The number of carbonyl (C=O) groups is 1. The Morgan fingerprint density at radius 1 is 1.03 bits per heavy atom. The van der Waals surface area contributed by atoms with Gasteiger partial charge >= 0.3 is 0 Å². The van der Waals surface area contributed by atoms with E-state index in [0.29, 0.717) is 46.1 Å². The van der Waals surface area contributed by atoms with Crippen LogP contribution in [0.5, 0.6) is 17.2 Å². The highest BCUT2D eigenvalue weighted by Crippen LogP contribution is 2.41. The number of aromatic nitrogens is 3. The van der Waals surface area contributed by atoms with Crippen LogP contribution in [0.25, 0.3) is 11.5 Å². The minimum atomic E-state index is 0.0126. The van der Waals surface area contributed by atoms with Crippen molar-refractivity contribution in [3.8, 4) is 28.7 Å². The molecular weight excluding hydrogens is 446 g/mol. The molecule has 10 heteroatoms. The fourth-order valence-corrected chi connectivity index (χ4v) is 4.24. The maximum Gasteiger partial charge on any atom is 0.277 e. The smallest absolute Gasteiger partial charge is 0.277 e. The highest BCUT2D eigenvalue weighted by Gasteiger charge is 2.20. The second-order valence-corrected chi connectivity index (χ2v) is 8.21. The number of carbonyl (C=O) groups excluding carboxylic acids is 1. The third kappa shape index (κ3) is 5.51.